The SMILES string of the molecule is CCOc1ccc(C(=O)NCc2ccccc2OC)cc1COC. The highest BCUT2D eigenvalue weighted by atomic mass is 16.5. The van der Waals surface area contributed by atoms with Crippen molar-refractivity contribution in [2.24, 2.45) is 0 Å². The highest BCUT2D eigenvalue weighted by Gasteiger charge is 2.11. The van der Waals surface area contributed by atoms with E-state index in [-0.39, 0.29) is 5.91 Å². The minimum Gasteiger partial charge on any atom is -0.496 e. The molecule has 2 aromatic rings. The number of methoxy groups -OCH3 is 2. The molecule has 0 unspecified atom stereocenters. The van der Waals surface area contributed by atoms with Gasteiger partial charge in [0.25, 0.3) is 5.91 Å². The van der Waals surface area contributed by atoms with E-state index in [2.05, 4.69) is 5.32 Å². The summed E-state index contributed by atoms with van der Waals surface area (Å²) in [4.78, 5) is 12.4. The molecule has 0 fully saturated rings. The van der Waals surface area contributed by atoms with Gasteiger partial charge < -0.3 is 19.5 Å². The van der Waals surface area contributed by atoms with Crippen molar-refractivity contribution in [1.29, 1.82) is 0 Å². The fourth-order valence-corrected chi connectivity index (χ4v) is 2.41. The van der Waals surface area contributed by atoms with E-state index in [4.69, 9.17) is 14.2 Å². The summed E-state index contributed by atoms with van der Waals surface area (Å²) in [5.41, 5.74) is 2.35. The Morgan fingerprint density at radius 1 is 1.04 bits per heavy atom. The van der Waals surface area contributed by atoms with Crippen molar-refractivity contribution in [1.82, 2.24) is 5.32 Å². The topological polar surface area (TPSA) is 56.8 Å². The van der Waals surface area contributed by atoms with E-state index in [1.54, 1.807) is 32.4 Å². The van der Waals surface area contributed by atoms with Gasteiger partial charge >= 0.3 is 0 Å². The molecular weight excluding hydrogens is 306 g/mol. The highest BCUT2D eigenvalue weighted by molar-refractivity contribution is 5.94. The molecule has 0 heterocycles. The van der Waals surface area contributed by atoms with E-state index in [9.17, 15) is 4.79 Å². The van der Waals surface area contributed by atoms with Crippen LogP contribution in [-0.2, 0) is 17.9 Å². The number of hydrogen-bond donors (Lipinski definition) is 1. The summed E-state index contributed by atoms with van der Waals surface area (Å²) in [7, 11) is 3.23. The average molecular weight is 329 g/mol. The van der Waals surface area contributed by atoms with Crippen molar-refractivity contribution in [2.75, 3.05) is 20.8 Å². The van der Waals surface area contributed by atoms with E-state index in [0.717, 1.165) is 22.6 Å². The molecule has 0 aliphatic carbocycles. The summed E-state index contributed by atoms with van der Waals surface area (Å²) in [6.07, 6.45) is 0. The minimum atomic E-state index is -0.152. The summed E-state index contributed by atoms with van der Waals surface area (Å²) in [6, 6.07) is 13.0. The van der Waals surface area contributed by atoms with Gasteiger partial charge in [-0.25, -0.2) is 0 Å². The lowest BCUT2D eigenvalue weighted by Gasteiger charge is -2.13. The normalized spacial score (nSPS) is 10.3. The second-order valence-electron chi connectivity index (χ2n) is 5.18. The van der Waals surface area contributed by atoms with Gasteiger partial charge in [0.05, 0.1) is 20.3 Å². The first-order chi connectivity index (χ1) is 11.7. The maximum atomic E-state index is 12.4. The zero-order chi connectivity index (χ0) is 17.4. The third kappa shape index (κ3) is 4.49. The molecule has 0 saturated carbocycles. The van der Waals surface area contributed by atoms with Crippen molar-refractivity contribution >= 4 is 5.91 Å². The number of hydrogen-bond acceptors (Lipinski definition) is 4. The third-order valence-electron chi connectivity index (χ3n) is 3.55. The van der Waals surface area contributed by atoms with Crippen LogP contribution in [0.4, 0.5) is 0 Å². The Balaban J connectivity index is 2.10. The molecule has 24 heavy (non-hydrogen) atoms. The molecule has 1 N–H and O–H groups in total. The highest BCUT2D eigenvalue weighted by Crippen LogP contribution is 2.22. The minimum absolute atomic E-state index is 0.152. The number of nitrogens with one attached hydrogen (secondary N) is 1. The number of ether oxygens (including phenoxy) is 3. The molecule has 0 aromatic heterocycles. The molecule has 0 radical (unpaired) electrons. The van der Waals surface area contributed by atoms with Gasteiger partial charge in [-0.3, -0.25) is 4.79 Å². The Morgan fingerprint density at radius 3 is 2.54 bits per heavy atom. The molecule has 0 saturated heterocycles. The van der Waals surface area contributed by atoms with Gasteiger partial charge in [0.15, 0.2) is 0 Å². The van der Waals surface area contributed by atoms with Crippen LogP contribution < -0.4 is 14.8 Å². The zero-order valence-electron chi connectivity index (χ0n) is 14.3. The van der Waals surface area contributed by atoms with Crippen LogP contribution in [0.1, 0.15) is 28.4 Å². The van der Waals surface area contributed by atoms with E-state index in [0.29, 0.717) is 25.3 Å². The maximum absolute atomic E-state index is 12.4. The Labute approximate surface area is 142 Å². The van der Waals surface area contributed by atoms with Gasteiger partial charge in [-0.1, -0.05) is 18.2 Å². The first-order valence-electron chi connectivity index (χ1n) is 7.84. The van der Waals surface area contributed by atoms with Gasteiger partial charge in [0.2, 0.25) is 0 Å². The molecule has 2 rings (SSSR count). The molecule has 0 spiro atoms. The lowest BCUT2D eigenvalue weighted by molar-refractivity contribution is 0.0950. The summed E-state index contributed by atoms with van der Waals surface area (Å²) in [5, 5.41) is 2.91. The Kier molecular flexibility index (Phi) is 6.63. The standard InChI is InChI=1S/C19H23NO4/c1-4-24-18-10-9-14(11-16(18)13-22-2)19(21)20-12-15-7-5-6-8-17(15)23-3/h5-11H,4,12-13H2,1-3H3,(H,20,21). The zero-order valence-corrected chi connectivity index (χ0v) is 14.3. The molecule has 2 aromatic carbocycles. The predicted molar refractivity (Wildman–Crippen MR) is 92.5 cm³/mol. The van der Waals surface area contributed by atoms with E-state index in [1.807, 2.05) is 31.2 Å². The second kappa shape index (κ2) is 8.93. The summed E-state index contributed by atoms with van der Waals surface area (Å²) in [6.45, 7) is 3.28. The quantitative estimate of drug-likeness (QED) is 0.808. The van der Waals surface area contributed by atoms with Gasteiger partial charge in [-0.2, -0.15) is 0 Å². The monoisotopic (exact) mass is 329 g/mol. The predicted octanol–water partition coefficient (Wildman–Crippen LogP) is 3.17. The second-order valence-corrected chi connectivity index (χ2v) is 5.18. The third-order valence-corrected chi connectivity index (χ3v) is 3.55. The van der Waals surface area contributed by atoms with Gasteiger partial charge in [0, 0.05) is 30.3 Å². The number of amides is 1. The molecule has 0 aliphatic rings. The smallest absolute Gasteiger partial charge is 0.251 e. The number of rotatable bonds is 8. The lowest BCUT2D eigenvalue weighted by Crippen LogP contribution is -2.23. The molecular formula is C19H23NO4. The number of para-hydroxylation sites is 1. The maximum Gasteiger partial charge on any atom is 0.251 e. The van der Waals surface area contributed by atoms with Crippen molar-refractivity contribution in [3.05, 3.63) is 59.2 Å². The fourth-order valence-electron chi connectivity index (χ4n) is 2.41. The Hall–Kier alpha value is -2.53. The van der Waals surface area contributed by atoms with Crippen molar-refractivity contribution < 1.29 is 19.0 Å². The number of carbonyl (C=O) groups excluding carboxylic acids is 1. The largest absolute Gasteiger partial charge is 0.496 e. The first-order valence-corrected chi connectivity index (χ1v) is 7.84. The molecule has 0 aliphatic heterocycles. The van der Waals surface area contributed by atoms with Crippen LogP contribution in [0, 0.1) is 0 Å². The van der Waals surface area contributed by atoms with Crippen molar-refractivity contribution in [3.8, 4) is 11.5 Å². The molecule has 5 heteroatoms. The molecule has 5 nitrogen and oxygen atoms in total. The van der Waals surface area contributed by atoms with E-state index >= 15 is 0 Å². The Bertz CT molecular complexity index is 685. The molecule has 128 valence electrons. The Morgan fingerprint density at radius 2 is 1.83 bits per heavy atom. The van der Waals surface area contributed by atoms with Crippen LogP contribution >= 0.6 is 0 Å². The van der Waals surface area contributed by atoms with Crippen molar-refractivity contribution in [2.45, 2.75) is 20.1 Å². The van der Waals surface area contributed by atoms with Crippen LogP contribution in [0.3, 0.4) is 0 Å². The summed E-state index contributed by atoms with van der Waals surface area (Å²) >= 11 is 0. The van der Waals surface area contributed by atoms with E-state index in [1.165, 1.54) is 0 Å². The van der Waals surface area contributed by atoms with Gasteiger partial charge in [-0.15, -0.1) is 0 Å². The molecule has 0 bridgehead atoms. The number of benzene rings is 2. The molecule has 0 atom stereocenters. The van der Waals surface area contributed by atoms with Crippen molar-refractivity contribution in [3.63, 3.8) is 0 Å². The van der Waals surface area contributed by atoms with Gasteiger partial charge in [0.1, 0.15) is 11.5 Å². The van der Waals surface area contributed by atoms with E-state index < -0.39 is 0 Å². The lowest BCUT2D eigenvalue weighted by atomic mass is 10.1. The summed E-state index contributed by atoms with van der Waals surface area (Å²) in [5.74, 6) is 1.34. The fraction of sp³-hybridized carbons (Fsp3) is 0.316. The summed E-state index contributed by atoms with van der Waals surface area (Å²) < 4.78 is 16.0. The van der Waals surface area contributed by atoms with Crippen LogP contribution in [-0.4, -0.2) is 26.7 Å². The van der Waals surface area contributed by atoms with Crippen LogP contribution in [0.2, 0.25) is 0 Å². The van der Waals surface area contributed by atoms with Crippen LogP contribution in [0.15, 0.2) is 42.5 Å². The average Bonchev–Trinajstić information content (AvgIpc) is 2.61. The number of carbonyl (C=O) groups is 1. The van der Waals surface area contributed by atoms with Crippen LogP contribution in [0.5, 0.6) is 11.5 Å². The van der Waals surface area contributed by atoms with Crippen LogP contribution in [0.25, 0.3) is 0 Å². The first kappa shape index (κ1) is 17.8. The van der Waals surface area contributed by atoms with Gasteiger partial charge in [-0.05, 0) is 31.2 Å². The molecule has 1 amide bonds.